The molecule has 0 aliphatic rings. The molecular weight excluding hydrogens is 238 g/mol. The summed E-state index contributed by atoms with van der Waals surface area (Å²) in [5.41, 5.74) is 2.86. The summed E-state index contributed by atoms with van der Waals surface area (Å²) < 4.78 is 0. The Kier molecular flexibility index (Phi) is 4.13. The Balaban J connectivity index is 1.98. The molecule has 0 saturated heterocycles. The Labute approximate surface area is 113 Å². The molecule has 1 aromatic heterocycles. The highest BCUT2D eigenvalue weighted by atomic mass is 16.2. The van der Waals surface area contributed by atoms with E-state index >= 15 is 0 Å². The van der Waals surface area contributed by atoms with E-state index in [-0.39, 0.29) is 5.91 Å². The first-order chi connectivity index (χ1) is 9.16. The molecule has 4 heteroatoms. The van der Waals surface area contributed by atoms with Gasteiger partial charge in [0.15, 0.2) is 0 Å². The van der Waals surface area contributed by atoms with E-state index in [0.717, 1.165) is 12.2 Å². The zero-order valence-corrected chi connectivity index (χ0v) is 11.1. The van der Waals surface area contributed by atoms with E-state index < -0.39 is 0 Å². The molecule has 0 spiro atoms. The second-order valence-corrected chi connectivity index (χ2v) is 4.49. The number of nitrogens with zero attached hydrogens (tertiary/aromatic N) is 2. The van der Waals surface area contributed by atoms with Gasteiger partial charge in [0.25, 0.3) is 5.91 Å². The summed E-state index contributed by atoms with van der Waals surface area (Å²) in [7, 11) is 3.50. The molecule has 0 aliphatic heterocycles. The average Bonchev–Trinajstić information content (AvgIpc) is 2.46. The van der Waals surface area contributed by atoms with Gasteiger partial charge in [-0.3, -0.25) is 9.78 Å². The van der Waals surface area contributed by atoms with Crippen LogP contribution in [0.25, 0.3) is 0 Å². The molecule has 0 saturated carbocycles. The number of rotatable bonds is 4. The summed E-state index contributed by atoms with van der Waals surface area (Å²) >= 11 is 0. The van der Waals surface area contributed by atoms with Crippen molar-refractivity contribution in [2.24, 2.45) is 0 Å². The van der Waals surface area contributed by atoms with Crippen LogP contribution in [-0.4, -0.2) is 29.9 Å². The molecule has 98 valence electrons. The highest BCUT2D eigenvalue weighted by Crippen LogP contribution is 2.12. The van der Waals surface area contributed by atoms with Gasteiger partial charge in [-0.05, 0) is 42.0 Å². The van der Waals surface area contributed by atoms with Gasteiger partial charge in [0.05, 0.1) is 0 Å². The Hall–Kier alpha value is -2.36. The third-order valence-electron chi connectivity index (χ3n) is 2.78. The van der Waals surface area contributed by atoms with E-state index in [9.17, 15) is 4.79 Å². The first-order valence-corrected chi connectivity index (χ1v) is 6.11. The van der Waals surface area contributed by atoms with Gasteiger partial charge in [-0.15, -0.1) is 0 Å². The molecule has 0 aliphatic carbocycles. The molecule has 1 heterocycles. The Morgan fingerprint density at radius 3 is 2.32 bits per heavy atom. The number of anilines is 1. The molecule has 0 fully saturated rings. The van der Waals surface area contributed by atoms with Crippen LogP contribution >= 0.6 is 0 Å². The lowest BCUT2D eigenvalue weighted by molar-refractivity contribution is 0.0827. The van der Waals surface area contributed by atoms with Crippen molar-refractivity contribution in [2.75, 3.05) is 19.4 Å². The normalized spacial score (nSPS) is 10.0. The second-order valence-electron chi connectivity index (χ2n) is 4.49. The van der Waals surface area contributed by atoms with Crippen LogP contribution in [-0.2, 0) is 6.54 Å². The molecule has 0 radical (unpaired) electrons. The van der Waals surface area contributed by atoms with Crippen molar-refractivity contribution in [1.29, 1.82) is 0 Å². The summed E-state index contributed by atoms with van der Waals surface area (Å²) in [5.74, 6) is 0.0145. The maximum absolute atomic E-state index is 11.7. The molecule has 4 nitrogen and oxygen atoms in total. The maximum atomic E-state index is 11.7. The molecule has 2 rings (SSSR count). The second kappa shape index (κ2) is 6.00. The van der Waals surface area contributed by atoms with Crippen LogP contribution in [0.15, 0.2) is 48.8 Å². The van der Waals surface area contributed by atoms with Crippen molar-refractivity contribution in [1.82, 2.24) is 9.88 Å². The van der Waals surface area contributed by atoms with Gasteiger partial charge in [-0.1, -0.05) is 0 Å². The number of hydrogen-bond donors (Lipinski definition) is 1. The summed E-state index contributed by atoms with van der Waals surface area (Å²) in [6.45, 7) is 0.740. The van der Waals surface area contributed by atoms with Gasteiger partial charge < -0.3 is 10.2 Å². The molecule has 0 unspecified atom stereocenters. The van der Waals surface area contributed by atoms with Crippen molar-refractivity contribution in [3.63, 3.8) is 0 Å². The van der Waals surface area contributed by atoms with E-state index in [0.29, 0.717) is 5.56 Å². The quantitative estimate of drug-likeness (QED) is 0.912. The molecule has 0 bridgehead atoms. The summed E-state index contributed by atoms with van der Waals surface area (Å²) in [6, 6.07) is 11.4. The number of amides is 1. The van der Waals surface area contributed by atoms with Crippen LogP contribution in [0.2, 0.25) is 0 Å². The number of hydrogen-bond acceptors (Lipinski definition) is 3. The zero-order valence-electron chi connectivity index (χ0n) is 11.1. The van der Waals surface area contributed by atoms with Crippen LogP contribution in [0, 0.1) is 0 Å². The minimum absolute atomic E-state index is 0.0145. The summed E-state index contributed by atoms with van der Waals surface area (Å²) in [6.07, 6.45) is 3.55. The van der Waals surface area contributed by atoms with Crippen molar-refractivity contribution >= 4 is 11.6 Å². The largest absolute Gasteiger partial charge is 0.381 e. The zero-order chi connectivity index (χ0) is 13.7. The van der Waals surface area contributed by atoms with Gasteiger partial charge in [-0.2, -0.15) is 0 Å². The SMILES string of the molecule is CN(C)C(=O)c1ccc(NCc2ccncc2)cc1. The molecule has 1 aromatic carbocycles. The number of carbonyl (C=O) groups excluding carboxylic acids is 1. The van der Waals surface area contributed by atoms with Gasteiger partial charge in [0.1, 0.15) is 0 Å². The fourth-order valence-electron chi connectivity index (χ4n) is 1.69. The van der Waals surface area contributed by atoms with E-state index in [4.69, 9.17) is 0 Å². The first-order valence-electron chi connectivity index (χ1n) is 6.11. The Morgan fingerprint density at radius 1 is 1.11 bits per heavy atom. The van der Waals surface area contributed by atoms with Crippen LogP contribution in [0.5, 0.6) is 0 Å². The monoisotopic (exact) mass is 255 g/mol. The molecular formula is C15H17N3O. The van der Waals surface area contributed by atoms with Gasteiger partial charge in [-0.25, -0.2) is 0 Å². The third-order valence-corrected chi connectivity index (χ3v) is 2.78. The van der Waals surface area contributed by atoms with Gasteiger partial charge in [0.2, 0.25) is 0 Å². The van der Waals surface area contributed by atoms with Crippen molar-refractivity contribution in [3.05, 3.63) is 59.9 Å². The number of carbonyl (C=O) groups is 1. The minimum Gasteiger partial charge on any atom is -0.381 e. The number of aromatic nitrogens is 1. The van der Waals surface area contributed by atoms with Crippen LogP contribution in [0.3, 0.4) is 0 Å². The fraction of sp³-hybridized carbons (Fsp3) is 0.200. The van der Waals surface area contributed by atoms with E-state index in [1.54, 1.807) is 31.4 Å². The highest BCUT2D eigenvalue weighted by molar-refractivity contribution is 5.94. The summed E-state index contributed by atoms with van der Waals surface area (Å²) in [4.78, 5) is 17.3. The number of nitrogens with one attached hydrogen (secondary N) is 1. The highest BCUT2D eigenvalue weighted by Gasteiger charge is 2.06. The van der Waals surface area contributed by atoms with E-state index in [2.05, 4.69) is 10.3 Å². The number of benzene rings is 1. The molecule has 0 atom stereocenters. The predicted octanol–water partition coefficient (Wildman–Crippen LogP) is 2.40. The molecule has 1 N–H and O–H groups in total. The fourth-order valence-corrected chi connectivity index (χ4v) is 1.69. The van der Waals surface area contributed by atoms with E-state index in [1.807, 2.05) is 36.4 Å². The third kappa shape index (κ3) is 3.55. The smallest absolute Gasteiger partial charge is 0.253 e. The lowest BCUT2D eigenvalue weighted by Crippen LogP contribution is -2.21. The maximum Gasteiger partial charge on any atom is 0.253 e. The Morgan fingerprint density at radius 2 is 1.74 bits per heavy atom. The summed E-state index contributed by atoms with van der Waals surface area (Å²) in [5, 5.41) is 3.30. The van der Waals surface area contributed by atoms with E-state index in [1.165, 1.54) is 5.56 Å². The van der Waals surface area contributed by atoms with Gasteiger partial charge >= 0.3 is 0 Å². The molecule has 1 amide bonds. The van der Waals surface area contributed by atoms with Crippen LogP contribution < -0.4 is 5.32 Å². The average molecular weight is 255 g/mol. The Bertz CT molecular complexity index is 535. The predicted molar refractivity (Wildman–Crippen MR) is 76.0 cm³/mol. The molecule has 2 aromatic rings. The lowest BCUT2D eigenvalue weighted by atomic mass is 10.2. The lowest BCUT2D eigenvalue weighted by Gasteiger charge is -2.11. The van der Waals surface area contributed by atoms with Crippen molar-refractivity contribution in [2.45, 2.75) is 6.54 Å². The van der Waals surface area contributed by atoms with Crippen molar-refractivity contribution in [3.8, 4) is 0 Å². The minimum atomic E-state index is 0.0145. The topological polar surface area (TPSA) is 45.2 Å². The first kappa shape index (κ1) is 13.1. The van der Waals surface area contributed by atoms with Crippen LogP contribution in [0.4, 0.5) is 5.69 Å². The number of pyridine rings is 1. The van der Waals surface area contributed by atoms with Crippen molar-refractivity contribution < 1.29 is 4.79 Å². The van der Waals surface area contributed by atoms with Gasteiger partial charge in [0, 0.05) is 44.3 Å². The van der Waals surface area contributed by atoms with Crippen LogP contribution in [0.1, 0.15) is 15.9 Å². The standard InChI is InChI=1S/C15H17N3O/c1-18(2)15(19)13-3-5-14(6-4-13)17-11-12-7-9-16-10-8-12/h3-10,17H,11H2,1-2H3. The molecule has 19 heavy (non-hydrogen) atoms.